The van der Waals surface area contributed by atoms with E-state index in [1.165, 1.54) is 5.56 Å². The lowest BCUT2D eigenvalue weighted by Crippen LogP contribution is -2.22. The zero-order valence-corrected chi connectivity index (χ0v) is 14.7. The lowest BCUT2D eigenvalue weighted by atomic mass is 10.1. The fraction of sp³-hybridized carbons (Fsp3) is 0.333. The summed E-state index contributed by atoms with van der Waals surface area (Å²) < 4.78 is 5.90. The van der Waals surface area contributed by atoms with Crippen LogP contribution in [0.1, 0.15) is 35.0 Å². The third kappa shape index (κ3) is 3.35. The summed E-state index contributed by atoms with van der Waals surface area (Å²) in [4.78, 5) is 11.4. The SMILES string of the molecule is Cc1ccccc1-c1nc(CN(C)C(C)c2nccs2)c(C)o1. The van der Waals surface area contributed by atoms with Crippen LogP contribution in [0, 0.1) is 13.8 Å². The Hall–Kier alpha value is -1.98. The van der Waals surface area contributed by atoms with Gasteiger partial charge in [-0.25, -0.2) is 9.97 Å². The summed E-state index contributed by atoms with van der Waals surface area (Å²) in [6, 6.07) is 8.42. The van der Waals surface area contributed by atoms with E-state index in [1.54, 1.807) is 11.3 Å². The maximum absolute atomic E-state index is 5.90. The fourth-order valence-corrected chi connectivity index (χ4v) is 3.27. The van der Waals surface area contributed by atoms with E-state index in [2.05, 4.69) is 36.8 Å². The lowest BCUT2D eigenvalue weighted by Gasteiger charge is -2.21. The van der Waals surface area contributed by atoms with Crippen LogP contribution < -0.4 is 0 Å². The molecule has 23 heavy (non-hydrogen) atoms. The van der Waals surface area contributed by atoms with Gasteiger partial charge in [0.2, 0.25) is 5.89 Å². The number of hydrogen-bond donors (Lipinski definition) is 0. The molecule has 0 aliphatic rings. The topological polar surface area (TPSA) is 42.2 Å². The Morgan fingerprint density at radius 3 is 2.74 bits per heavy atom. The number of thiazole rings is 1. The molecule has 5 heteroatoms. The van der Waals surface area contributed by atoms with Crippen molar-refractivity contribution in [2.24, 2.45) is 0 Å². The highest BCUT2D eigenvalue weighted by molar-refractivity contribution is 7.09. The molecule has 1 unspecified atom stereocenters. The molecule has 0 spiro atoms. The van der Waals surface area contributed by atoms with Crippen LogP contribution in [-0.4, -0.2) is 21.9 Å². The van der Waals surface area contributed by atoms with Crippen LogP contribution in [-0.2, 0) is 6.54 Å². The quantitative estimate of drug-likeness (QED) is 0.686. The normalized spacial score (nSPS) is 12.7. The molecule has 0 radical (unpaired) electrons. The van der Waals surface area contributed by atoms with Gasteiger partial charge in [-0.3, -0.25) is 4.90 Å². The second kappa shape index (κ2) is 6.64. The molecule has 120 valence electrons. The summed E-state index contributed by atoms with van der Waals surface area (Å²) in [6.07, 6.45) is 1.85. The predicted octanol–water partition coefficient (Wildman–Crippen LogP) is 4.61. The second-order valence-electron chi connectivity index (χ2n) is 5.80. The summed E-state index contributed by atoms with van der Waals surface area (Å²) in [5, 5.41) is 3.13. The Labute approximate surface area is 140 Å². The minimum Gasteiger partial charge on any atom is -0.441 e. The van der Waals surface area contributed by atoms with Crippen molar-refractivity contribution in [3.63, 3.8) is 0 Å². The highest BCUT2D eigenvalue weighted by atomic mass is 32.1. The number of hydrogen-bond acceptors (Lipinski definition) is 5. The van der Waals surface area contributed by atoms with Gasteiger partial charge in [0.25, 0.3) is 0 Å². The molecule has 0 aliphatic carbocycles. The molecule has 0 saturated carbocycles. The molecule has 1 atom stereocenters. The summed E-state index contributed by atoms with van der Waals surface area (Å²) >= 11 is 1.68. The van der Waals surface area contributed by atoms with E-state index in [0.717, 1.165) is 28.6 Å². The largest absolute Gasteiger partial charge is 0.441 e. The molecule has 0 aliphatic heterocycles. The molecular formula is C18H21N3OS. The van der Waals surface area contributed by atoms with E-state index in [9.17, 15) is 0 Å². The highest BCUT2D eigenvalue weighted by Crippen LogP contribution is 2.27. The molecular weight excluding hydrogens is 306 g/mol. The average molecular weight is 327 g/mol. The molecule has 2 heterocycles. The van der Waals surface area contributed by atoms with Crippen LogP contribution in [0.2, 0.25) is 0 Å². The molecule has 0 saturated heterocycles. The van der Waals surface area contributed by atoms with Gasteiger partial charge in [-0.1, -0.05) is 18.2 Å². The minimum absolute atomic E-state index is 0.257. The Morgan fingerprint density at radius 1 is 1.26 bits per heavy atom. The van der Waals surface area contributed by atoms with E-state index < -0.39 is 0 Å². The smallest absolute Gasteiger partial charge is 0.226 e. The predicted molar refractivity (Wildman–Crippen MR) is 93.4 cm³/mol. The molecule has 4 nitrogen and oxygen atoms in total. The summed E-state index contributed by atoms with van der Waals surface area (Å²) in [5.74, 6) is 1.58. The third-order valence-corrected chi connectivity index (χ3v) is 5.08. The van der Waals surface area contributed by atoms with Crippen molar-refractivity contribution in [3.8, 4) is 11.5 Å². The van der Waals surface area contributed by atoms with Crippen molar-refractivity contribution in [1.29, 1.82) is 0 Å². The second-order valence-corrected chi connectivity index (χ2v) is 6.72. The van der Waals surface area contributed by atoms with Gasteiger partial charge in [0.1, 0.15) is 10.8 Å². The zero-order valence-electron chi connectivity index (χ0n) is 13.9. The van der Waals surface area contributed by atoms with Crippen molar-refractivity contribution in [2.45, 2.75) is 33.4 Å². The molecule has 0 amide bonds. The number of nitrogens with zero attached hydrogens (tertiary/aromatic N) is 3. The lowest BCUT2D eigenvalue weighted by molar-refractivity contribution is 0.248. The van der Waals surface area contributed by atoms with Gasteiger partial charge in [-0.2, -0.15) is 0 Å². The van der Waals surface area contributed by atoms with Gasteiger partial charge < -0.3 is 4.42 Å². The summed E-state index contributed by atoms with van der Waals surface area (Å²) in [5.41, 5.74) is 3.21. The standard InChI is InChI=1S/C18H21N3OS/c1-12-7-5-6-8-15(12)17-20-16(14(3)22-17)11-21(4)13(2)18-19-9-10-23-18/h5-10,13H,11H2,1-4H3. The van der Waals surface area contributed by atoms with Gasteiger partial charge in [0, 0.05) is 23.7 Å². The van der Waals surface area contributed by atoms with Crippen LogP contribution in [0.25, 0.3) is 11.5 Å². The first-order chi connectivity index (χ1) is 11.1. The number of aryl methyl sites for hydroxylation is 2. The Balaban J connectivity index is 1.80. The number of benzene rings is 1. The summed E-state index contributed by atoms with van der Waals surface area (Å²) in [7, 11) is 2.09. The van der Waals surface area contributed by atoms with Crippen molar-refractivity contribution in [2.75, 3.05) is 7.05 Å². The Morgan fingerprint density at radius 2 is 2.04 bits per heavy atom. The van der Waals surface area contributed by atoms with E-state index in [0.29, 0.717) is 5.89 Å². The average Bonchev–Trinajstić information content (AvgIpc) is 3.18. The van der Waals surface area contributed by atoms with Crippen molar-refractivity contribution >= 4 is 11.3 Å². The maximum Gasteiger partial charge on any atom is 0.226 e. The van der Waals surface area contributed by atoms with Gasteiger partial charge in [-0.15, -0.1) is 11.3 Å². The third-order valence-electron chi connectivity index (χ3n) is 4.14. The molecule has 0 bridgehead atoms. The molecule has 0 fully saturated rings. The fourth-order valence-electron chi connectivity index (χ4n) is 2.51. The first-order valence-electron chi connectivity index (χ1n) is 7.68. The van der Waals surface area contributed by atoms with Crippen LogP contribution in [0.5, 0.6) is 0 Å². The van der Waals surface area contributed by atoms with E-state index >= 15 is 0 Å². The molecule has 0 N–H and O–H groups in total. The monoisotopic (exact) mass is 327 g/mol. The number of aromatic nitrogens is 2. The van der Waals surface area contributed by atoms with E-state index in [4.69, 9.17) is 9.40 Å². The molecule has 1 aromatic carbocycles. The van der Waals surface area contributed by atoms with Crippen LogP contribution in [0.15, 0.2) is 40.3 Å². The number of oxazole rings is 1. The van der Waals surface area contributed by atoms with E-state index in [-0.39, 0.29) is 6.04 Å². The first-order valence-corrected chi connectivity index (χ1v) is 8.56. The van der Waals surface area contributed by atoms with Gasteiger partial charge >= 0.3 is 0 Å². The maximum atomic E-state index is 5.90. The van der Waals surface area contributed by atoms with Crippen molar-refractivity contribution in [1.82, 2.24) is 14.9 Å². The molecule has 2 aromatic heterocycles. The minimum atomic E-state index is 0.257. The first kappa shape index (κ1) is 15.9. The zero-order chi connectivity index (χ0) is 16.4. The number of rotatable bonds is 5. The van der Waals surface area contributed by atoms with Gasteiger partial charge in [0.05, 0.1) is 11.7 Å². The summed E-state index contributed by atoms with van der Waals surface area (Å²) in [6.45, 7) is 6.95. The highest BCUT2D eigenvalue weighted by Gasteiger charge is 2.19. The van der Waals surface area contributed by atoms with E-state index in [1.807, 2.05) is 36.7 Å². The molecule has 3 aromatic rings. The Bertz CT molecular complexity index is 779. The van der Waals surface area contributed by atoms with Crippen LogP contribution >= 0.6 is 11.3 Å². The van der Waals surface area contributed by atoms with Gasteiger partial charge in [0.15, 0.2) is 0 Å². The van der Waals surface area contributed by atoms with Crippen LogP contribution in [0.4, 0.5) is 0 Å². The Kier molecular flexibility index (Phi) is 4.59. The van der Waals surface area contributed by atoms with Crippen LogP contribution in [0.3, 0.4) is 0 Å². The van der Waals surface area contributed by atoms with Gasteiger partial charge in [-0.05, 0) is 39.4 Å². The van der Waals surface area contributed by atoms with Crippen molar-refractivity contribution in [3.05, 3.63) is 57.9 Å². The molecule has 3 rings (SSSR count). The van der Waals surface area contributed by atoms with Crippen molar-refractivity contribution < 1.29 is 4.42 Å².